The lowest BCUT2D eigenvalue weighted by Gasteiger charge is -2.06. The van der Waals surface area contributed by atoms with Gasteiger partial charge in [0.05, 0.1) is 17.8 Å². The molecule has 0 saturated carbocycles. The van der Waals surface area contributed by atoms with Crippen LogP contribution in [0.25, 0.3) is 10.9 Å². The van der Waals surface area contributed by atoms with Crippen LogP contribution in [-0.4, -0.2) is 9.97 Å². The van der Waals surface area contributed by atoms with Crippen LogP contribution in [0.2, 0.25) is 0 Å². The molecule has 0 aliphatic rings. The molecule has 1 N–H and O–H groups in total. The first-order valence-electron chi connectivity index (χ1n) is 6.33. The quantitative estimate of drug-likeness (QED) is 0.771. The molecular weight excluding hydrogens is 234 g/mol. The molecule has 19 heavy (non-hydrogen) atoms. The lowest BCUT2D eigenvalue weighted by molar-refractivity contribution is 1.01. The average molecular weight is 249 g/mol. The molecule has 0 fully saturated rings. The molecule has 2 aromatic heterocycles. The van der Waals surface area contributed by atoms with Gasteiger partial charge in [0, 0.05) is 11.1 Å². The molecule has 0 aliphatic heterocycles. The number of nitrogens with zero attached hydrogens (tertiary/aromatic N) is 2. The van der Waals surface area contributed by atoms with Crippen LogP contribution in [0.15, 0.2) is 54.6 Å². The monoisotopic (exact) mass is 249 g/mol. The van der Waals surface area contributed by atoms with Gasteiger partial charge in [-0.05, 0) is 37.3 Å². The Morgan fingerprint density at radius 1 is 0.895 bits per heavy atom. The van der Waals surface area contributed by atoms with Gasteiger partial charge >= 0.3 is 0 Å². The van der Waals surface area contributed by atoms with E-state index in [9.17, 15) is 0 Å². The highest BCUT2D eigenvalue weighted by Crippen LogP contribution is 2.14. The van der Waals surface area contributed by atoms with E-state index in [1.54, 1.807) is 0 Å². The van der Waals surface area contributed by atoms with E-state index in [-0.39, 0.29) is 0 Å². The highest BCUT2D eigenvalue weighted by Gasteiger charge is 1.99. The summed E-state index contributed by atoms with van der Waals surface area (Å²) in [5.74, 6) is 0.877. The van der Waals surface area contributed by atoms with Gasteiger partial charge in [-0.25, -0.2) is 4.98 Å². The van der Waals surface area contributed by atoms with Gasteiger partial charge in [-0.3, -0.25) is 4.98 Å². The van der Waals surface area contributed by atoms with Gasteiger partial charge in [0.2, 0.25) is 0 Å². The number of pyridine rings is 2. The second-order valence-corrected chi connectivity index (χ2v) is 4.51. The maximum atomic E-state index is 4.57. The van der Waals surface area contributed by atoms with Gasteiger partial charge < -0.3 is 5.32 Å². The highest BCUT2D eigenvalue weighted by molar-refractivity contribution is 5.79. The molecule has 0 spiro atoms. The predicted molar refractivity (Wildman–Crippen MR) is 78.0 cm³/mol. The third kappa shape index (κ3) is 2.71. The van der Waals surface area contributed by atoms with Crippen LogP contribution in [0.3, 0.4) is 0 Å². The van der Waals surface area contributed by atoms with Crippen molar-refractivity contribution in [1.29, 1.82) is 0 Å². The van der Waals surface area contributed by atoms with Crippen LogP contribution in [0.5, 0.6) is 0 Å². The Morgan fingerprint density at radius 3 is 2.68 bits per heavy atom. The van der Waals surface area contributed by atoms with Gasteiger partial charge in [0.25, 0.3) is 0 Å². The molecular formula is C16H15N3. The summed E-state index contributed by atoms with van der Waals surface area (Å²) < 4.78 is 0. The van der Waals surface area contributed by atoms with Gasteiger partial charge in [-0.15, -0.1) is 0 Å². The smallest absolute Gasteiger partial charge is 0.126 e. The van der Waals surface area contributed by atoms with E-state index in [0.717, 1.165) is 28.1 Å². The molecule has 1 aromatic carbocycles. The molecule has 2 heterocycles. The van der Waals surface area contributed by atoms with Gasteiger partial charge in [0.15, 0.2) is 0 Å². The van der Waals surface area contributed by atoms with Crippen LogP contribution >= 0.6 is 0 Å². The van der Waals surface area contributed by atoms with Crippen LogP contribution < -0.4 is 5.32 Å². The van der Waals surface area contributed by atoms with E-state index in [4.69, 9.17) is 0 Å². The second kappa shape index (κ2) is 5.06. The second-order valence-electron chi connectivity index (χ2n) is 4.51. The molecule has 0 bridgehead atoms. The van der Waals surface area contributed by atoms with Gasteiger partial charge in [-0.1, -0.05) is 24.3 Å². The number of rotatable bonds is 3. The number of aromatic nitrogens is 2. The molecule has 0 aliphatic carbocycles. The number of hydrogen-bond acceptors (Lipinski definition) is 3. The highest BCUT2D eigenvalue weighted by atomic mass is 15.0. The van der Waals surface area contributed by atoms with Crippen LogP contribution in [0, 0.1) is 6.92 Å². The van der Waals surface area contributed by atoms with Crippen molar-refractivity contribution in [1.82, 2.24) is 9.97 Å². The minimum absolute atomic E-state index is 0.688. The Morgan fingerprint density at radius 2 is 1.79 bits per heavy atom. The summed E-state index contributed by atoms with van der Waals surface area (Å²) in [4.78, 5) is 9.03. The summed E-state index contributed by atoms with van der Waals surface area (Å²) in [7, 11) is 0. The van der Waals surface area contributed by atoms with E-state index < -0.39 is 0 Å². The lowest BCUT2D eigenvalue weighted by Crippen LogP contribution is -2.03. The largest absolute Gasteiger partial charge is 0.364 e. The number of hydrogen-bond donors (Lipinski definition) is 1. The summed E-state index contributed by atoms with van der Waals surface area (Å²) in [6.07, 6.45) is 0. The summed E-state index contributed by atoms with van der Waals surface area (Å²) >= 11 is 0. The molecule has 3 nitrogen and oxygen atoms in total. The minimum Gasteiger partial charge on any atom is -0.364 e. The summed E-state index contributed by atoms with van der Waals surface area (Å²) in [5, 5.41) is 4.46. The van der Waals surface area contributed by atoms with E-state index in [1.165, 1.54) is 0 Å². The Labute approximate surface area is 112 Å². The zero-order valence-corrected chi connectivity index (χ0v) is 10.8. The third-order valence-corrected chi connectivity index (χ3v) is 3.00. The number of aryl methyl sites for hydroxylation is 1. The van der Waals surface area contributed by atoms with Crippen LogP contribution in [0.4, 0.5) is 5.82 Å². The first-order chi connectivity index (χ1) is 9.31. The van der Waals surface area contributed by atoms with Crippen molar-refractivity contribution in [3.63, 3.8) is 0 Å². The normalized spacial score (nSPS) is 10.6. The first kappa shape index (κ1) is 11.7. The SMILES string of the molecule is Cc1cccc(CNc2ccc3ccccc3n2)n1. The first-order valence-corrected chi connectivity index (χ1v) is 6.33. The molecule has 0 atom stereocenters. The van der Waals surface area contributed by atoms with Crippen molar-refractivity contribution in [2.75, 3.05) is 5.32 Å². The van der Waals surface area contributed by atoms with Crippen molar-refractivity contribution in [3.05, 3.63) is 66.0 Å². The third-order valence-electron chi connectivity index (χ3n) is 3.00. The molecule has 0 unspecified atom stereocenters. The lowest BCUT2D eigenvalue weighted by atomic mass is 10.2. The predicted octanol–water partition coefficient (Wildman–Crippen LogP) is 3.55. The summed E-state index contributed by atoms with van der Waals surface area (Å²) in [6, 6.07) is 18.2. The zero-order valence-electron chi connectivity index (χ0n) is 10.8. The van der Waals surface area contributed by atoms with Crippen LogP contribution in [-0.2, 0) is 6.54 Å². The Hall–Kier alpha value is -2.42. The number of fused-ring (bicyclic) bond motifs is 1. The van der Waals surface area contributed by atoms with Crippen LogP contribution in [0.1, 0.15) is 11.4 Å². The summed E-state index contributed by atoms with van der Waals surface area (Å²) in [6.45, 7) is 2.69. The summed E-state index contributed by atoms with van der Waals surface area (Å²) in [5.41, 5.74) is 3.06. The van der Waals surface area contributed by atoms with E-state index >= 15 is 0 Å². The van der Waals surface area contributed by atoms with Crippen molar-refractivity contribution in [2.45, 2.75) is 13.5 Å². The number of benzene rings is 1. The van der Waals surface area contributed by atoms with E-state index in [0.29, 0.717) is 6.54 Å². The van der Waals surface area contributed by atoms with E-state index in [1.807, 2.05) is 49.4 Å². The molecule has 3 heteroatoms. The molecule has 3 aromatic rings. The Balaban J connectivity index is 1.78. The standard InChI is InChI=1S/C16H15N3/c1-12-5-4-7-14(18-12)11-17-16-10-9-13-6-2-3-8-15(13)19-16/h2-10H,11H2,1H3,(H,17,19). The molecule has 0 saturated heterocycles. The topological polar surface area (TPSA) is 37.8 Å². The number of nitrogens with one attached hydrogen (secondary N) is 1. The number of para-hydroxylation sites is 1. The Kier molecular flexibility index (Phi) is 3.11. The maximum Gasteiger partial charge on any atom is 0.126 e. The average Bonchev–Trinajstić information content (AvgIpc) is 2.45. The van der Waals surface area contributed by atoms with Crippen molar-refractivity contribution in [2.24, 2.45) is 0 Å². The molecule has 0 radical (unpaired) electrons. The van der Waals surface area contributed by atoms with Gasteiger partial charge in [-0.2, -0.15) is 0 Å². The fraction of sp³-hybridized carbons (Fsp3) is 0.125. The number of anilines is 1. The van der Waals surface area contributed by atoms with Crippen molar-refractivity contribution in [3.8, 4) is 0 Å². The maximum absolute atomic E-state index is 4.57. The van der Waals surface area contributed by atoms with Crippen molar-refractivity contribution >= 4 is 16.7 Å². The fourth-order valence-corrected chi connectivity index (χ4v) is 2.04. The zero-order chi connectivity index (χ0) is 13.1. The minimum atomic E-state index is 0.688. The van der Waals surface area contributed by atoms with Gasteiger partial charge in [0.1, 0.15) is 5.82 Å². The van der Waals surface area contributed by atoms with E-state index in [2.05, 4.69) is 27.4 Å². The fourth-order valence-electron chi connectivity index (χ4n) is 2.04. The molecule has 0 amide bonds. The molecule has 3 rings (SSSR count). The van der Waals surface area contributed by atoms with Crippen molar-refractivity contribution < 1.29 is 0 Å². The Bertz CT molecular complexity index is 707. The molecule has 94 valence electrons.